The molecule has 218 valence electrons. The van der Waals surface area contributed by atoms with Gasteiger partial charge >= 0.3 is 0 Å². The average molecular weight is 590 g/mol. The van der Waals surface area contributed by atoms with E-state index in [1.165, 1.54) is 33.0 Å². The topological polar surface area (TPSA) is 38.7 Å². The minimum Gasteiger partial charge on any atom is -0.213 e. The zero-order chi connectivity index (χ0) is 30.7. The lowest BCUT2D eigenvalue weighted by atomic mass is 9.94. The molecule has 0 N–H and O–H groups in total. The molecule has 0 spiro atoms. The van der Waals surface area contributed by atoms with Crippen LogP contribution in [0.5, 0.6) is 0 Å². The predicted molar refractivity (Wildman–Crippen MR) is 191 cm³/mol. The smallest absolute Gasteiger partial charge is 0.163 e. The lowest BCUT2D eigenvalue weighted by molar-refractivity contribution is 0.933. The normalized spacial score (nSPS) is 12.7. The fourth-order valence-electron chi connectivity index (χ4n) is 6.15. The average Bonchev–Trinajstić information content (AvgIpc) is 3.41. The second kappa shape index (κ2) is 12.2. The maximum absolute atomic E-state index is 5.09. The van der Waals surface area contributed by atoms with E-state index in [-0.39, 0.29) is 0 Å². The van der Waals surface area contributed by atoms with E-state index in [1.807, 2.05) is 0 Å². The van der Waals surface area contributed by atoms with E-state index in [1.54, 1.807) is 0 Å². The molecule has 0 unspecified atom stereocenters. The molecule has 3 heteroatoms. The Morgan fingerprint density at radius 3 is 1.74 bits per heavy atom. The van der Waals surface area contributed by atoms with Crippen LogP contribution in [0, 0.1) is 0 Å². The van der Waals surface area contributed by atoms with Crippen LogP contribution in [0.2, 0.25) is 0 Å². The highest BCUT2D eigenvalue weighted by Gasteiger charge is 2.14. The fourth-order valence-corrected chi connectivity index (χ4v) is 6.15. The number of hydrogen-bond donors (Lipinski definition) is 0. The molecule has 0 fully saturated rings. The van der Waals surface area contributed by atoms with Crippen LogP contribution in [-0.4, -0.2) is 15.0 Å². The summed E-state index contributed by atoms with van der Waals surface area (Å²) >= 11 is 0. The van der Waals surface area contributed by atoms with E-state index >= 15 is 0 Å². The summed E-state index contributed by atoms with van der Waals surface area (Å²) in [7, 11) is 0. The Morgan fingerprint density at radius 2 is 1.07 bits per heavy atom. The SMILES string of the molecule is C1=CCC=C(c2cc(Cc3nc(-c4ccc5ccccc5c4)nc(-c4ccc5ccccc5c4)n3)cc(-c3ccccc3)c2)C=C1. The molecule has 0 radical (unpaired) electrons. The maximum Gasteiger partial charge on any atom is 0.163 e. The number of fused-ring (bicyclic) bond motifs is 2. The van der Waals surface area contributed by atoms with Crippen LogP contribution in [0.25, 0.3) is 61.0 Å². The molecule has 0 saturated heterocycles. The van der Waals surface area contributed by atoms with E-state index in [0.717, 1.165) is 39.7 Å². The van der Waals surface area contributed by atoms with Crippen LogP contribution >= 0.6 is 0 Å². The molecule has 0 bridgehead atoms. The molecule has 8 rings (SSSR count). The fraction of sp³-hybridized carbons (Fsp3) is 0.0465. The minimum absolute atomic E-state index is 0.576. The number of hydrogen-bond acceptors (Lipinski definition) is 3. The van der Waals surface area contributed by atoms with E-state index in [9.17, 15) is 0 Å². The van der Waals surface area contributed by atoms with Crippen molar-refractivity contribution in [3.8, 4) is 33.9 Å². The third-order valence-corrected chi connectivity index (χ3v) is 8.49. The number of aromatic nitrogens is 3. The summed E-state index contributed by atoms with van der Waals surface area (Å²) in [6, 6.07) is 47.1. The Hall–Kier alpha value is -5.93. The van der Waals surface area contributed by atoms with Gasteiger partial charge in [0.05, 0.1) is 0 Å². The largest absolute Gasteiger partial charge is 0.213 e. The van der Waals surface area contributed by atoms with Crippen LogP contribution in [0.1, 0.15) is 23.4 Å². The van der Waals surface area contributed by atoms with Gasteiger partial charge in [-0.2, -0.15) is 0 Å². The highest BCUT2D eigenvalue weighted by molar-refractivity contribution is 5.88. The van der Waals surface area contributed by atoms with Gasteiger partial charge < -0.3 is 0 Å². The second-order valence-corrected chi connectivity index (χ2v) is 11.7. The molecule has 3 nitrogen and oxygen atoms in total. The van der Waals surface area contributed by atoms with Crippen molar-refractivity contribution in [1.82, 2.24) is 15.0 Å². The van der Waals surface area contributed by atoms with Crippen LogP contribution in [0.15, 0.2) is 164 Å². The first-order valence-corrected chi connectivity index (χ1v) is 15.7. The summed E-state index contributed by atoms with van der Waals surface area (Å²) in [6.07, 6.45) is 12.4. The summed E-state index contributed by atoms with van der Waals surface area (Å²) in [5.74, 6) is 2.10. The van der Waals surface area contributed by atoms with E-state index in [4.69, 9.17) is 15.0 Å². The molecule has 1 aromatic heterocycles. The number of rotatable bonds is 6. The highest BCUT2D eigenvalue weighted by Crippen LogP contribution is 2.30. The van der Waals surface area contributed by atoms with Crippen molar-refractivity contribution < 1.29 is 0 Å². The Balaban J connectivity index is 1.26. The van der Waals surface area contributed by atoms with Gasteiger partial charge in [0.2, 0.25) is 0 Å². The van der Waals surface area contributed by atoms with Crippen LogP contribution in [0.3, 0.4) is 0 Å². The standard InChI is InChI=1S/C43H31N3/c1-2-5-13-31(12-4-1)39-24-30(25-40(29-39)32-14-6-3-7-15-32)26-41-44-42(37-22-20-33-16-8-10-18-35(33)27-37)46-43(45-41)38-23-21-34-17-9-11-19-36(34)28-38/h1-4,6-25,27-29H,5,26H2. The minimum atomic E-state index is 0.576. The van der Waals surface area contributed by atoms with Gasteiger partial charge in [0.25, 0.3) is 0 Å². The van der Waals surface area contributed by atoms with Gasteiger partial charge in [-0.3, -0.25) is 0 Å². The maximum atomic E-state index is 5.09. The number of allylic oxidation sites excluding steroid dienone is 6. The first kappa shape index (κ1) is 27.6. The van der Waals surface area contributed by atoms with Gasteiger partial charge in [0.1, 0.15) is 5.82 Å². The second-order valence-electron chi connectivity index (χ2n) is 11.7. The lowest BCUT2D eigenvalue weighted by Crippen LogP contribution is -2.04. The van der Waals surface area contributed by atoms with E-state index in [0.29, 0.717) is 18.1 Å². The molecule has 0 aliphatic heterocycles. The summed E-state index contributed by atoms with van der Waals surface area (Å²) < 4.78 is 0. The van der Waals surface area contributed by atoms with Crippen molar-refractivity contribution in [2.24, 2.45) is 0 Å². The zero-order valence-electron chi connectivity index (χ0n) is 25.3. The first-order chi connectivity index (χ1) is 22.7. The molecule has 7 aromatic rings. The zero-order valence-corrected chi connectivity index (χ0v) is 25.3. The van der Waals surface area contributed by atoms with Gasteiger partial charge in [-0.25, -0.2) is 15.0 Å². The molecular weight excluding hydrogens is 558 g/mol. The highest BCUT2D eigenvalue weighted by atomic mass is 15.0. The van der Waals surface area contributed by atoms with Crippen LogP contribution < -0.4 is 0 Å². The number of benzene rings is 6. The quantitative estimate of drug-likeness (QED) is 0.194. The van der Waals surface area contributed by atoms with Crippen molar-refractivity contribution in [3.05, 3.63) is 181 Å². The van der Waals surface area contributed by atoms with Crippen molar-refractivity contribution in [1.29, 1.82) is 0 Å². The molecule has 0 amide bonds. The van der Waals surface area contributed by atoms with E-state index in [2.05, 4.69) is 164 Å². The van der Waals surface area contributed by atoms with Crippen molar-refractivity contribution in [2.75, 3.05) is 0 Å². The predicted octanol–water partition coefficient (Wildman–Crippen LogP) is 10.7. The third-order valence-electron chi connectivity index (χ3n) is 8.49. The molecule has 46 heavy (non-hydrogen) atoms. The Kier molecular flexibility index (Phi) is 7.33. The van der Waals surface area contributed by atoms with Gasteiger partial charge in [-0.1, -0.05) is 146 Å². The summed E-state index contributed by atoms with van der Waals surface area (Å²) in [6.45, 7) is 0. The van der Waals surface area contributed by atoms with Crippen LogP contribution in [-0.2, 0) is 6.42 Å². The van der Waals surface area contributed by atoms with Gasteiger partial charge in [-0.15, -0.1) is 0 Å². The van der Waals surface area contributed by atoms with Gasteiger partial charge in [0.15, 0.2) is 11.6 Å². The first-order valence-electron chi connectivity index (χ1n) is 15.7. The summed E-state index contributed by atoms with van der Waals surface area (Å²) in [5, 5.41) is 4.71. The Morgan fingerprint density at radius 1 is 0.457 bits per heavy atom. The van der Waals surface area contributed by atoms with Gasteiger partial charge in [-0.05, 0) is 74.0 Å². The monoisotopic (exact) mass is 589 g/mol. The third kappa shape index (κ3) is 5.79. The van der Waals surface area contributed by atoms with Gasteiger partial charge in [0, 0.05) is 17.5 Å². The lowest BCUT2D eigenvalue weighted by Gasteiger charge is -2.13. The van der Waals surface area contributed by atoms with Crippen LogP contribution in [0.4, 0.5) is 0 Å². The number of nitrogens with zero attached hydrogens (tertiary/aromatic N) is 3. The van der Waals surface area contributed by atoms with E-state index < -0.39 is 0 Å². The summed E-state index contributed by atoms with van der Waals surface area (Å²) in [4.78, 5) is 15.2. The molecule has 6 aromatic carbocycles. The molecule has 0 atom stereocenters. The molecule has 1 aliphatic carbocycles. The molecular formula is C43H31N3. The van der Waals surface area contributed by atoms with Crippen molar-refractivity contribution in [2.45, 2.75) is 12.8 Å². The Labute approximate surface area is 269 Å². The Bertz CT molecular complexity index is 2210. The van der Waals surface area contributed by atoms with Crippen molar-refractivity contribution in [3.63, 3.8) is 0 Å². The summed E-state index contributed by atoms with van der Waals surface area (Å²) in [5.41, 5.74) is 7.88. The molecule has 1 heterocycles. The molecule has 1 aliphatic rings. The van der Waals surface area contributed by atoms with Crippen molar-refractivity contribution >= 4 is 27.1 Å². The molecule has 0 saturated carbocycles.